The Morgan fingerprint density at radius 2 is 1.00 bits per heavy atom. The van der Waals surface area contributed by atoms with E-state index in [2.05, 4.69) is 187 Å². The van der Waals surface area contributed by atoms with Crippen LogP contribution in [0, 0.1) is 0 Å². The first kappa shape index (κ1) is 27.9. The molecule has 0 atom stereocenters. The van der Waals surface area contributed by atoms with E-state index >= 15 is 0 Å². The van der Waals surface area contributed by atoms with Gasteiger partial charge in [-0.15, -0.1) is 0 Å². The number of hydrogen-bond acceptors (Lipinski definition) is 2. The average molecular weight is 614 g/mol. The van der Waals surface area contributed by atoms with Gasteiger partial charge < -0.3 is 9.32 Å². The quantitative estimate of drug-likeness (QED) is 0.185. The summed E-state index contributed by atoms with van der Waals surface area (Å²) in [7, 11) is 0. The van der Waals surface area contributed by atoms with Crippen LogP contribution in [0.25, 0.3) is 66.1 Å². The minimum Gasteiger partial charge on any atom is -0.456 e. The third-order valence-electron chi connectivity index (χ3n) is 9.26. The van der Waals surface area contributed by atoms with Gasteiger partial charge >= 0.3 is 0 Å². The van der Waals surface area contributed by atoms with Gasteiger partial charge in [-0.2, -0.15) is 0 Å². The van der Waals surface area contributed by atoms with Crippen LogP contribution in [0.2, 0.25) is 0 Å². The summed E-state index contributed by atoms with van der Waals surface area (Å²) in [4.78, 5) is 2.43. The third kappa shape index (κ3) is 4.83. The highest BCUT2D eigenvalue weighted by Gasteiger charge is 2.24. The Bertz CT molecular complexity index is 2550. The van der Waals surface area contributed by atoms with E-state index in [-0.39, 0.29) is 0 Å². The molecule has 0 spiro atoms. The Morgan fingerprint density at radius 3 is 1.81 bits per heavy atom. The molecule has 0 radical (unpaired) electrons. The third-order valence-corrected chi connectivity index (χ3v) is 9.26. The van der Waals surface area contributed by atoms with E-state index < -0.39 is 0 Å². The second-order valence-corrected chi connectivity index (χ2v) is 12.1. The van der Waals surface area contributed by atoms with Gasteiger partial charge in [0, 0.05) is 27.6 Å². The van der Waals surface area contributed by atoms with Gasteiger partial charge in [-0.1, -0.05) is 152 Å². The number of anilines is 3. The standard InChI is InChI=1S/C46H31NO/c1-3-13-32(14-4-1)34-23-25-36(26-24-34)45-42(29-30-44-46(45)40-20-10-12-22-43(40)48-44)47(38-28-27-33-15-7-8-18-37(33)31-38)41-21-11-9-19-39(41)35-16-5-2-6-17-35/h1-31H. The van der Waals surface area contributed by atoms with Gasteiger partial charge in [-0.25, -0.2) is 0 Å². The highest BCUT2D eigenvalue weighted by atomic mass is 16.3. The number of para-hydroxylation sites is 2. The molecule has 48 heavy (non-hydrogen) atoms. The Hall–Kier alpha value is -6.38. The van der Waals surface area contributed by atoms with E-state index in [1.54, 1.807) is 0 Å². The summed E-state index contributed by atoms with van der Waals surface area (Å²) in [5.74, 6) is 0. The molecule has 0 aliphatic carbocycles. The molecule has 9 aromatic rings. The van der Waals surface area contributed by atoms with Crippen LogP contribution in [0.5, 0.6) is 0 Å². The van der Waals surface area contributed by atoms with Crippen LogP contribution in [-0.4, -0.2) is 0 Å². The molecule has 0 aliphatic rings. The number of furan rings is 1. The van der Waals surface area contributed by atoms with E-state index in [0.717, 1.165) is 55.7 Å². The van der Waals surface area contributed by atoms with E-state index in [9.17, 15) is 0 Å². The van der Waals surface area contributed by atoms with Gasteiger partial charge in [0.1, 0.15) is 11.2 Å². The minimum atomic E-state index is 0.872. The second kappa shape index (κ2) is 11.8. The molecule has 0 aliphatic heterocycles. The van der Waals surface area contributed by atoms with Crippen molar-refractivity contribution in [3.8, 4) is 33.4 Å². The highest BCUT2D eigenvalue weighted by Crippen LogP contribution is 2.49. The van der Waals surface area contributed by atoms with Crippen molar-refractivity contribution >= 4 is 49.8 Å². The van der Waals surface area contributed by atoms with E-state index in [1.807, 2.05) is 6.07 Å². The molecule has 1 heterocycles. The number of fused-ring (bicyclic) bond motifs is 4. The van der Waals surface area contributed by atoms with Crippen LogP contribution in [0.15, 0.2) is 192 Å². The summed E-state index contributed by atoms with van der Waals surface area (Å²) < 4.78 is 6.49. The molecule has 226 valence electrons. The molecule has 8 aromatic carbocycles. The minimum absolute atomic E-state index is 0.872. The van der Waals surface area contributed by atoms with E-state index in [0.29, 0.717) is 0 Å². The fourth-order valence-electron chi connectivity index (χ4n) is 7.00. The summed E-state index contributed by atoms with van der Waals surface area (Å²) in [6.07, 6.45) is 0. The molecule has 2 heteroatoms. The van der Waals surface area contributed by atoms with Gasteiger partial charge in [-0.05, 0) is 69.4 Å². The van der Waals surface area contributed by atoms with Crippen LogP contribution >= 0.6 is 0 Å². The molecule has 0 unspecified atom stereocenters. The Balaban J connectivity index is 1.36. The maximum Gasteiger partial charge on any atom is 0.136 e. The van der Waals surface area contributed by atoms with Crippen LogP contribution in [-0.2, 0) is 0 Å². The lowest BCUT2D eigenvalue weighted by atomic mass is 9.93. The lowest BCUT2D eigenvalue weighted by Crippen LogP contribution is -2.12. The normalized spacial score (nSPS) is 11.3. The first-order valence-corrected chi connectivity index (χ1v) is 16.4. The molecule has 0 bridgehead atoms. The average Bonchev–Trinajstić information content (AvgIpc) is 3.55. The summed E-state index contributed by atoms with van der Waals surface area (Å²) in [6, 6.07) is 67.0. The van der Waals surface area contributed by atoms with Gasteiger partial charge in [0.15, 0.2) is 0 Å². The Morgan fingerprint density at radius 1 is 0.375 bits per heavy atom. The molecule has 0 amide bonds. The first-order chi connectivity index (χ1) is 23.8. The van der Waals surface area contributed by atoms with Crippen molar-refractivity contribution in [3.63, 3.8) is 0 Å². The summed E-state index contributed by atoms with van der Waals surface area (Å²) >= 11 is 0. The van der Waals surface area contributed by atoms with Crippen molar-refractivity contribution in [2.45, 2.75) is 0 Å². The van der Waals surface area contributed by atoms with Crippen LogP contribution in [0.3, 0.4) is 0 Å². The molecule has 0 saturated heterocycles. The number of hydrogen-bond donors (Lipinski definition) is 0. The SMILES string of the molecule is c1ccc(-c2ccc(-c3c(N(c4ccc5ccccc5c4)c4ccccc4-c4ccccc4)ccc4oc5ccccc5c34)cc2)cc1. The summed E-state index contributed by atoms with van der Waals surface area (Å²) in [5.41, 5.74) is 12.0. The zero-order chi connectivity index (χ0) is 31.9. The van der Waals surface area contributed by atoms with Crippen molar-refractivity contribution in [3.05, 3.63) is 188 Å². The zero-order valence-corrected chi connectivity index (χ0v) is 26.3. The molecular formula is C46H31NO. The first-order valence-electron chi connectivity index (χ1n) is 16.4. The number of rotatable bonds is 6. The van der Waals surface area contributed by atoms with Crippen molar-refractivity contribution in [2.24, 2.45) is 0 Å². The molecule has 9 rings (SSSR count). The topological polar surface area (TPSA) is 16.4 Å². The van der Waals surface area contributed by atoms with E-state index in [1.165, 1.54) is 27.5 Å². The molecule has 0 fully saturated rings. The smallest absolute Gasteiger partial charge is 0.136 e. The Kier molecular flexibility index (Phi) is 6.84. The van der Waals surface area contributed by atoms with Crippen molar-refractivity contribution in [1.82, 2.24) is 0 Å². The van der Waals surface area contributed by atoms with Gasteiger partial charge in [0.25, 0.3) is 0 Å². The monoisotopic (exact) mass is 613 g/mol. The summed E-state index contributed by atoms with van der Waals surface area (Å²) in [6.45, 7) is 0. The van der Waals surface area contributed by atoms with E-state index in [4.69, 9.17) is 4.42 Å². The number of nitrogens with zero attached hydrogens (tertiary/aromatic N) is 1. The maximum absolute atomic E-state index is 6.49. The van der Waals surface area contributed by atoms with Crippen LogP contribution in [0.4, 0.5) is 17.1 Å². The summed E-state index contributed by atoms with van der Waals surface area (Å²) in [5, 5.41) is 4.62. The predicted molar refractivity (Wildman–Crippen MR) is 202 cm³/mol. The van der Waals surface area contributed by atoms with Gasteiger partial charge in [-0.3, -0.25) is 0 Å². The molecule has 1 aromatic heterocycles. The lowest BCUT2D eigenvalue weighted by Gasteiger charge is -2.30. The fourth-order valence-corrected chi connectivity index (χ4v) is 7.00. The Labute approximate surface area is 279 Å². The maximum atomic E-state index is 6.49. The lowest BCUT2D eigenvalue weighted by molar-refractivity contribution is 0.669. The predicted octanol–water partition coefficient (Wildman–Crippen LogP) is 13.2. The van der Waals surface area contributed by atoms with Crippen LogP contribution < -0.4 is 4.90 Å². The molecular weight excluding hydrogens is 583 g/mol. The largest absolute Gasteiger partial charge is 0.456 e. The molecule has 0 saturated carbocycles. The van der Waals surface area contributed by atoms with Gasteiger partial charge in [0.05, 0.1) is 11.4 Å². The van der Waals surface area contributed by atoms with Gasteiger partial charge in [0.2, 0.25) is 0 Å². The number of benzene rings is 8. The van der Waals surface area contributed by atoms with Crippen molar-refractivity contribution in [1.29, 1.82) is 0 Å². The highest BCUT2D eigenvalue weighted by molar-refractivity contribution is 6.16. The zero-order valence-electron chi connectivity index (χ0n) is 26.3. The molecule has 0 N–H and O–H groups in total. The van der Waals surface area contributed by atoms with Crippen LogP contribution in [0.1, 0.15) is 0 Å². The molecule has 2 nitrogen and oxygen atoms in total. The van der Waals surface area contributed by atoms with Crippen molar-refractivity contribution < 1.29 is 4.42 Å². The van der Waals surface area contributed by atoms with Crippen molar-refractivity contribution in [2.75, 3.05) is 4.90 Å². The second-order valence-electron chi connectivity index (χ2n) is 12.1. The fraction of sp³-hybridized carbons (Fsp3) is 0.